The summed E-state index contributed by atoms with van der Waals surface area (Å²) >= 11 is 5.07. The molecule has 4 unspecified atom stereocenters. The van der Waals surface area contributed by atoms with Gasteiger partial charge in [-0.15, -0.1) is 11.3 Å². The minimum atomic E-state index is -0.517. The molecule has 3 nitrogen and oxygen atoms in total. The molecule has 0 spiro atoms. The maximum atomic E-state index is 10.7. The average molecular weight is 318 g/mol. The van der Waals surface area contributed by atoms with Gasteiger partial charge in [-0.25, -0.2) is 0 Å². The van der Waals surface area contributed by atoms with Crippen molar-refractivity contribution in [3.8, 4) is 0 Å². The fourth-order valence-corrected chi connectivity index (χ4v) is 4.91. The fourth-order valence-electron chi connectivity index (χ4n) is 3.21. The van der Waals surface area contributed by atoms with Crippen molar-refractivity contribution in [2.24, 2.45) is 11.1 Å². The molecule has 4 atom stereocenters. The highest BCUT2D eigenvalue weighted by molar-refractivity contribution is 9.10. The Morgan fingerprint density at radius 3 is 2.94 bits per heavy atom. The number of aliphatic hydroxyl groups excluding tert-OH is 1. The van der Waals surface area contributed by atoms with Gasteiger partial charge in [-0.3, -0.25) is 0 Å². The molecule has 0 amide bonds. The number of hydrogen-bond acceptors (Lipinski definition) is 4. The highest BCUT2D eigenvalue weighted by atomic mass is 79.9. The number of aliphatic hydroxyl groups is 1. The standard InChI is InChI=1S/C12H16BrNO2S/c13-8-3-4-17-10(8)11(15)12(6-14)5-7-1-2-9(12)16-7/h3-4,7,9,11,15H,1-2,5-6,14H2. The van der Waals surface area contributed by atoms with Crippen molar-refractivity contribution < 1.29 is 9.84 Å². The third-order valence-corrected chi connectivity index (χ3v) is 6.10. The lowest BCUT2D eigenvalue weighted by Gasteiger charge is -2.38. The van der Waals surface area contributed by atoms with Crippen LogP contribution in [0.1, 0.15) is 30.2 Å². The Balaban J connectivity index is 1.94. The number of fused-ring (bicyclic) bond motifs is 2. The summed E-state index contributed by atoms with van der Waals surface area (Å²) in [5.74, 6) is 0. The summed E-state index contributed by atoms with van der Waals surface area (Å²) in [6.45, 7) is 0.486. The van der Waals surface area contributed by atoms with E-state index in [0.29, 0.717) is 12.6 Å². The lowest BCUT2D eigenvalue weighted by atomic mass is 9.69. The van der Waals surface area contributed by atoms with E-state index in [1.165, 1.54) is 0 Å². The van der Waals surface area contributed by atoms with Crippen LogP contribution >= 0.6 is 27.3 Å². The molecule has 1 aromatic rings. The molecule has 2 aliphatic heterocycles. The first kappa shape index (κ1) is 12.1. The summed E-state index contributed by atoms with van der Waals surface area (Å²) in [7, 11) is 0. The Morgan fingerprint density at radius 1 is 1.65 bits per heavy atom. The topological polar surface area (TPSA) is 55.5 Å². The van der Waals surface area contributed by atoms with E-state index in [1.54, 1.807) is 11.3 Å². The van der Waals surface area contributed by atoms with Gasteiger partial charge < -0.3 is 15.6 Å². The molecule has 2 fully saturated rings. The molecule has 0 aromatic carbocycles. The highest BCUT2D eigenvalue weighted by Crippen LogP contribution is 2.55. The van der Waals surface area contributed by atoms with Crippen molar-refractivity contribution in [1.29, 1.82) is 0 Å². The second kappa shape index (κ2) is 4.31. The van der Waals surface area contributed by atoms with Gasteiger partial charge in [0.2, 0.25) is 0 Å². The summed E-state index contributed by atoms with van der Waals surface area (Å²) in [4.78, 5) is 0.978. The number of rotatable bonds is 3. The summed E-state index contributed by atoms with van der Waals surface area (Å²) in [5, 5.41) is 12.7. The molecule has 0 saturated carbocycles. The van der Waals surface area contributed by atoms with Crippen molar-refractivity contribution in [2.45, 2.75) is 37.6 Å². The molecular formula is C12H16BrNO2S. The first-order valence-corrected chi connectivity index (χ1v) is 7.61. The quantitative estimate of drug-likeness (QED) is 0.900. The van der Waals surface area contributed by atoms with Crippen molar-refractivity contribution in [1.82, 2.24) is 0 Å². The third-order valence-electron chi connectivity index (χ3n) is 4.17. The van der Waals surface area contributed by atoms with Gasteiger partial charge in [0.05, 0.1) is 18.3 Å². The van der Waals surface area contributed by atoms with E-state index in [1.807, 2.05) is 11.4 Å². The van der Waals surface area contributed by atoms with Crippen molar-refractivity contribution in [3.05, 3.63) is 20.8 Å². The Labute approximate surface area is 113 Å². The molecule has 1 aromatic heterocycles. The number of hydrogen-bond donors (Lipinski definition) is 2. The van der Waals surface area contributed by atoms with E-state index < -0.39 is 6.10 Å². The molecule has 3 heterocycles. The largest absolute Gasteiger partial charge is 0.387 e. The Kier molecular flexibility index (Phi) is 3.07. The number of ether oxygens (including phenoxy) is 1. The maximum absolute atomic E-state index is 10.7. The van der Waals surface area contributed by atoms with Gasteiger partial charge in [-0.1, -0.05) is 0 Å². The molecular weight excluding hydrogens is 302 g/mol. The minimum Gasteiger partial charge on any atom is -0.387 e. The summed E-state index contributed by atoms with van der Waals surface area (Å²) in [5.41, 5.74) is 5.68. The Bertz CT molecular complexity index is 424. The third kappa shape index (κ3) is 1.71. The molecule has 5 heteroatoms. The van der Waals surface area contributed by atoms with Gasteiger partial charge >= 0.3 is 0 Å². The van der Waals surface area contributed by atoms with Gasteiger partial charge in [0.25, 0.3) is 0 Å². The van der Waals surface area contributed by atoms with Crippen LogP contribution in [0.15, 0.2) is 15.9 Å². The normalized spacial score (nSPS) is 37.6. The molecule has 17 heavy (non-hydrogen) atoms. The van der Waals surface area contributed by atoms with Gasteiger partial charge in [-0.05, 0) is 46.6 Å². The Hall–Kier alpha value is 0.0600. The zero-order chi connectivity index (χ0) is 12.0. The van der Waals surface area contributed by atoms with Crippen LogP contribution in [-0.2, 0) is 4.74 Å². The lowest BCUT2D eigenvalue weighted by Crippen LogP contribution is -2.44. The second-order valence-electron chi connectivity index (χ2n) is 5.00. The molecule has 3 N–H and O–H groups in total. The summed E-state index contributed by atoms with van der Waals surface area (Å²) in [6.07, 6.45) is 2.95. The van der Waals surface area contributed by atoms with E-state index in [0.717, 1.165) is 28.6 Å². The van der Waals surface area contributed by atoms with Gasteiger partial charge in [0.1, 0.15) is 0 Å². The fraction of sp³-hybridized carbons (Fsp3) is 0.667. The summed E-state index contributed by atoms with van der Waals surface area (Å²) in [6, 6.07) is 1.97. The molecule has 2 bridgehead atoms. The van der Waals surface area contributed by atoms with Crippen LogP contribution in [0.4, 0.5) is 0 Å². The molecule has 3 rings (SSSR count). The average Bonchev–Trinajstić information content (AvgIpc) is 3.02. The van der Waals surface area contributed by atoms with E-state index in [2.05, 4.69) is 15.9 Å². The first-order valence-electron chi connectivity index (χ1n) is 5.94. The molecule has 94 valence electrons. The molecule has 0 aliphatic carbocycles. The van der Waals surface area contributed by atoms with Crippen LogP contribution in [0.2, 0.25) is 0 Å². The van der Waals surface area contributed by atoms with Crippen LogP contribution in [0, 0.1) is 5.41 Å². The van der Waals surface area contributed by atoms with E-state index in [9.17, 15) is 5.11 Å². The van der Waals surface area contributed by atoms with Gasteiger partial charge in [0, 0.05) is 21.3 Å². The van der Waals surface area contributed by atoms with Crippen molar-refractivity contribution in [2.75, 3.05) is 6.54 Å². The zero-order valence-corrected chi connectivity index (χ0v) is 11.8. The minimum absolute atomic E-state index is 0.126. The molecule has 2 saturated heterocycles. The van der Waals surface area contributed by atoms with Crippen molar-refractivity contribution in [3.63, 3.8) is 0 Å². The van der Waals surface area contributed by atoms with Crippen LogP contribution < -0.4 is 5.73 Å². The number of thiophene rings is 1. The number of nitrogens with two attached hydrogens (primary N) is 1. The molecule has 2 aliphatic rings. The van der Waals surface area contributed by atoms with Crippen molar-refractivity contribution >= 4 is 27.3 Å². The van der Waals surface area contributed by atoms with Crippen LogP contribution in [0.3, 0.4) is 0 Å². The SMILES string of the molecule is NCC1(C(O)c2sccc2Br)CC2CCC1O2. The van der Waals surface area contributed by atoms with E-state index in [-0.39, 0.29) is 11.5 Å². The van der Waals surface area contributed by atoms with E-state index in [4.69, 9.17) is 10.5 Å². The maximum Gasteiger partial charge on any atom is 0.0987 e. The van der Waals surface area contributed by atoms with E-state index >= 15 is 0 Å². The smallest absolute Gasteiger partial charge is 0.0987 e. The zero-order valence-electron chi connectivity index (χ0n) is 9.43. The predicted molar refractivity (Wildman–Crippen MR) is 71.0 cm³/mol. The summed E-state index contributed by atoms with van der Waals surface area (Å²) < 4.78 is 6.86. The lowest BCUT2D eigenvalue weighted by molar-refractivity contribution is -0.0248. The van der Waals surface area contributed by atoms with Gasteiger partial charge in [0.15, 0.2) is 0 Å². The predicted octanol–water partition coefficient (Wildman–Crippen LogP) is 2.44. The van der Waals surface area contributed by atoms with Crippen LogP contribution in [0.5, 0.6) is 0 Å². The van der Waals surface area contributed by atoms with Crippen LogP contribution in [0.25, 0.3) is 0 Å². The monoisotopic (exact) mass is 317 g/mol. The molecule has 0 radical (unpaired) electrons. The second-order valence-corrected chi connectivity index (χ2v) is 6.80. The highest BCUT2D eigenvalue weighted by Gasteiger charge is 2.56. The van der Waals surface area contributed by atoms with Gasteiger partial charge in [-0.2, -0.15) is 0 Å². The van der Waals surface area contributed by atoms with Crippen LogP contribution in [-0.4, -0.2) is 23.9 Å². The Morgan fingerprint density at radius 2 is 2.47 bits per heavy atom. The first-order chi connectivity index (χ1) is 8.17. The number of halogens is 1.